The molecule has 0 aliphatic carbocycles. The number of nitrogens with zero attached hydrogens (tertiary/aromatic N) is 3. The lowest BCUT2D eigenvalue weighted by Crippen LogP contribution is -2.12. The molecule has 4 rings (SSSR count). The van der Waals surface area contributed by atoms with Crippen LogP contribution >= 0.6 is 11.3 Å². The Kier molecular flexibility index (Phi) is 5.65. The molecular weight excluding hydrogens is 420 g/mol. The van der Waals surface area contributed by atoms with Gasteiger partial charge in [-0.2, -0.15) is 0 Å². The van der Waals surface area contributed by atoms with E-state index >= 15 is 0 Å². The Morgan fingerprint density at radius 3 is 2.70 bits per heavy atom. The first-order valence-electron chi connectivity index (χ1n) is 9.41. The summed E-state index contributed by atoms with van der Waals surface area (Å²) in [5.41, 5.74) is 2.62. The molecule has 0 unspecified atom stereocenters. The van der Waals surface area contributed by atoms with Crippen molar-refractivity contribution in [3.63, 3.8) is 0 Å². The molecule has 0 saturated carbocycles. The van der Waals surface area contributed by atoms with E-state index in [9.17, 15) is 8.42 Å². The number of aromatic nitrogens is 3. The number of sulfonamides is 1. The molecule has 7 nitrogen and oxygen atoms in total. The molecule has 9 heteroatoms. The third-order valence-corrected chi connectivity index (χ3v) is 6.59. The molecule has 0 aliphatic heterocycles. The molecule has 0 atom stereocenters. The summed E-state index contributed by atoms with van der Waals surface area (Å²) in [5.74, 6) is 0.464. The van der Waals surface area contributed by atoms with E-state index in [1.54, 1.807) is 48.5 Å². The minimum absolute atomic E-state index is 0.196. The van der Waals surface area contributed by atoms with Crippen LogP contribution < -0.4 is 9.46 Å². The average Bonchev–Trinajstić information content (AvgIpc) is 3.12. The predicted octanol–water partition coefficient (Wildman–Crippen LogP) is 4.65. The maximum Gasteiger partial charge on any atom is 0.261 e. The summed E-state index contributed by atoms with van der Waals surface area (Å²) in [6.45, 7) is 4.50. The lowest BCUT2D eigenvalue weighted by atomic mass is 10.1. The van der Waals surface area contributed by atoms with Crippen molar-refractivity contribution in [2.75, 3.05) is 11.3 Å². The molecule has 30 heavy (non-hydrogen) atoms. The molecule has 154 valence electrons. The van der Waals surface area contributed by atoms with Crippen molar-refractivity contribution in [2.24, 2.45) is 0 Å². The Hall–Kier alpha value is -3.04. The number of hydrogen-bond donors (Lipinski definition) is 1. The highest BCUT2D eigenvalue weighted by Gasteiger charge is 2.16. The normalized spacial score (nSPS) is 11.5. The predicted molar refractivity (Wildman–Crippen MR) is 118 cm³/mol. The number of ether oxygens (including phenoxy) is 1. The molecule has 0 amide bonds. The van der Waals surface area contributed by atoms with Crippen LogP contribution in [0.2, 0.25) is 0 Å². The summed E-state index contributed by atoms with van der Waals surface area (Å²) in [7, 11) is -3.74. The largest absolute Gasteiger partial charge is 0.477 e. The maximum atomic E-state index is 12.9. The van der Waals surface area contributed by atoms with Crippen LogP contribution in [0, 0.1) is 6.92 Å². The number of thiazole rings is 1. The molecule has 2 aromatic carbocycles. The summed E-state index contributed by atoms with van der Waals surface area (Å²) in [6, 6.07) is 15.5. The molecule has 0 aliphatic rings. The van der Waals surface area contributed by atoms with Gasteiger partial charge < -0.3 is 4.74 Å². The van der Waals surface area contributed by atoms with Gasteiger partial charge in [-0.3, -0.25) is 4.72 Å². The van der Waals surface area contributed by atoms with Gasteiger partial charge in [-0.1, -0.05) is 19.1 Å². The fourth-order valence-electron chi connectivity index (χ4n) is 2.90. The number of fused-ring (bicyclic) bond motifs is 1. The SMILES string of the molecule is CCCOc1ccc(-c2cccc(NS(=O)(=O)c3ccc4nc(C)sc4c3)c2)nn1. The van der Waals surface area contributed by atoms with Crippen molar-refractivity contribution in [1.82, 2.24) is 15.2 Å². The Labute approximate surface area is 178 Å². The summed E-state index contributed by atoms with van der Waals surface area (Å²) in [4.78, 5) is 4.57. The Bertz CT molecular complexity index is 1290. The van der Waals surface area contributed by atoms with Gasteiger partial charge >= 0.3 is 0 Å². The van der Waals surface area contributed by atoms with Crippen LogP contribution in [0.4, 0.5) is 5.69 Å². The van der Waals surface area contributed by atoms with Gasteiger partial charge in [0.25, 0.3) is 10.0 Å². The van der Waals surface area contributed by atoms with Gasteiger partial charge in [0.15, 0.2) is 0 Å². The van der Waals surface area contributed by atoms with Gasteiger partial charge in [0.1, 0.15) is 0 Å². The van der Waals surface area contributed by atoms with E-state index in [4.69, 9.17) is 4.74 Å². The van der Waals surface area contributed by atoms with Crippen LogP contribution in [0.25, 0.3) is 21.5 Å². The number of rotatable bonds is 7. The number of aryl methyl sites for hydroxylation is 1. The molecule has 0 saturated heterocycles. The van der Waals surface area contributed by atoms with E-state index < -0.39 is 10.0 Å². The molecule has 0 radical (unpaired) electrons. The fraction of sp³-hybridized carbons (Fsp3) is 0.190. The van der Waals surface area contributed by atoms with Crippen LogP contribution in [0.3, 0.4) is 0 Å². The minimum Gasteiger partial charge on any atom is -0.477 e. The van der Waals surface area contributed by atoms with Gasteiger partial charge in [0.05, 0.1) is 32.4 Å². The molecule has 1 N–H and O–H groups in total. The second-order valence-corrected chi connectivity index (χ2v) is 9.57. The van der Waals surface area contributed by atoms with Gasteiger partial charge in [-0.25, -0.2) is 13.4 Å². The second kappa shape index (κ2) is 8.37. The number of hydrogen-bond acceptors (Lipinski definition) is 7. The van der Waals surface area contributed by atoms with Crippen molar-refractivity contribution < 1.29 is 13.2 Å². The van der Waals surface area contributed by atoms with E-state index in [-0.39, 0.29) is 4.90 Å². The summed E-state index contributed by atoms with van der Waals surface area (Å²) < 4.78 is 34.7. The molecule has 0 bridgehead atoms. The van der Waals surface area contributed by atoms with Crippen LogP contribution in [0.15, 0.2) is 59.5 Å². The first-order valence-corrected chi connectivity index (χ1v) is 11.7. The average molecular weight is 441 g/mol. The van der Waals surface area contributed by atoms with Crippen molar-refractivity contribution in [1.29, 1.82) is 0 Å². The fourth-order valence-corrected chi connectivity index (χ4v) is 4.92. The van der Waals surface area contributed by atoms with E-state index in [1.165, 1.54) is 11.3 Å². The second-order valence-electron chi connectivity index (χ2n) is 6.65. The first kappa shape index (κ1) is 20.2. The summed E-state index contributed by atoms with van der Waals surface area (Å²) in [5, 5.41) is 9.13. The van der Waals surface area contributed by atoms with Crippen LogP contribution in [0.1, 0.15) is 18.4 Å². The van der Waals surface area contributed by atoms with E-state index in [0.717, 1.165) is 27.2 Å². The standard InChI is InChI=1S/C21H20N4O3S2/c1-3-11-28-21-10-9-18(23-24-21)15-5-4-6-16(12-15)25-30(26,27)17-7-8-19-20(13-17)29-14(2)22-19/h4-10,12-13,25H,3,11H2,1-2H3. The molecule has 4 aromatic rings. The Balaban J connectivity index is 1.57. The molecule has 0 spiro atoms. The van der Waals surface area contributed by atoms with Crippen molar-refractivity contribution in [2.45, 2.75) is 25.2 Å². The van der Waals surface area contributed by atoms with Crippen molar-refractivity contribution in [3.05, 3.63) is 59.6 Å². The molecule has 2 aromatic heterocycles. The lowest BCUT2D eigenvalue weighted by molar-refractivity contribution is 0.302. The van der Waals surface area contributed by atoms with Crippen molar-refractivity contribution >= 4 is 37.3 Å². The van der Waals surface area contributed by atoms with Gasteiger partial charge in [-0.05, 0) is 49.7 Å². The maximum absolute atomic E-state index is 12.9. The quantitative estimate of drug-likeness (QED) is 0.449. The number of nitrogens with one attached hydrogen (secondary N) is 1. The highest BCUT2D eigenvalue weighted by molar-refractivity contribution is 7.92. The first-order chi connectivity index (χ1) is 14.4. The molecular formula is C21H20N4O3S2. The summed E-state index contributed by atoms with van der Waals surface area (Å²) >= 11 is 1.47. The van der Waals surface area contributed by atoms with Gasteiger partial charge in [-0.15, -0.1) is 21.5 Å². The van der Waals surface area contributed by atoms with E-state index in [1.807, 2.05) is 19.9 Å². The van der Waals surface area contributed by atoms with Crippen LogP contribution in [0.5, 0.6) is 5.88 Å². The van der Waals surface area contributed by atoms with E-state index in [2.05, 4.69) is 19.9 Å². The zero-order chi connectivity index (χ0) is 21.1. The van der Waals surface area contributed by atoms with Crippen molar-refractivity contribution in [3.8, 4) is 17.1 Å². The van der Waals surface area contributed by atoms with Gasteiger partial charge in [0.2, 0.25) is 5.88 Å². The molecule has 0 fully saturated rings. The van der Waals surface area contributed by atoms with Crippen LogP contribution in [-0.2, 0) is 10.0 Å². The highest BCUT2D eigenvalue weighted by atomic mass is 32.2. The zero-order valence-electron chi connectivity index (χ0n) is 16.5. The summed E-state index contributed by atoms with van der Waals surface area (Å²) in [6.07, 6.45) is 0.890. The van der Waals surface area contributed by atoms with E-state index in [0.29, 0.717) is 23.9 Å². The van der Waals surface area contributed by atoms with Crippen LogP contribution in [-0.4, -0.2) is 30.2 Å². The smallest absolute Gasteiger partial charge is 0.261 e. The van der Waals surface area contributed by atoms with Gasteiger partial charge in [0, 0.05) is 17.3 Å². The highest BCUT2D eigenvalue weighted by Crippen LogP contribution is 2.27. The number of benzene rings is 2. The zero-order valence-corrected chi connectivity index (χ0v) is 18.1. The minimum atomic E-state index is -3.74. The third kappa shape index (κ3) is 4.42. The molecule has 2 heterocycles. The number of anilines is 1. The lowest BCUT2D eigenvalue weighted by Gasteiger charge is -2.10. The Morgan fingerprint density at radius 1 is 1.07 bits per heavy atom. The Morgan fingerprint density at radius 2 is 1.93 bits per heavy atom. The monoisotopic (exact) mass is 440 g/mol. The topological polar surface area (TPSA) is 94.1 Å². The third-order valence-electron chi connectivity index (χ3n) is 4.28.